The predicted octanol–water partition coefficient (Wildman–Crippen LogP) is 2.69. The summed E-state index contributed by atoms with van der Waals surface area (Å²) in [6, 6.07) is 9.70. The molecule has 0 unspecified atom stereocenters. The fourth-order valence-electron chi connectivity index (χ4n) is 1.12. The van der Waals surface area contributed by atoms with Gasteiger partial charge in [0.25, 0.3) is 0 Å². The molecule has 1 N–H and O–H groups in total. The van der Waals surface area contributed by atoms with E-state index in [0.717, 1.165) is 18.4 Å². The molecule has 1 atom stereocenters. The van der Waals surface area contributed by atoms with Gasteiger partial charge >= 0.3 is 0 Å². The molecule has 0 fully saturated rings. The number of aliphatic hydroxyl groups is 1. The van der Waals surface area contributed by atoms with Crippen LogP contribution in [0.15, 0.2) is 43.0 Å². The first kappa shape index (κ1) is 9.01. The molecule has 0 aliphatic rings. The van der Waals surface area contributed by atoms with Gasteiger partial charge in [0.1, 0.15) is 0 Å². The fourth-order valence-corrected chi connectivity index (χ4v) is 1.12. The van der Waals surface area contributed by atoms with Crippen LogP contribution in [0.1, 0.15) is 24.5 Å². The number of hydrogen-bond acceptors (Lipinski definition) is 1. The highest BCUT2D eigenvalue weighted by Crippen LogP contribution is 2.17. The van der Waals surface area contributed by atoms with Crippen LogP contribution in [0.2, 0.25) is 0 Å². The summed E-state index contributed by atoms with van der Waals surface area (Å²) >= 11 is 0. The van der Waals surface area contributed by atoms with Crippen LogP contribution >= 0.6 is 0 Å². The molecule has 0 radical (unpaired) electrons. The summed E-state index contributed by atoms with van der Waals surface area (Å²) in [7, 11) is 0. The largest absolute Gasteiger partial charge is 0.388 e. The van der Waals surface area contributed by atoms with Gasteiger partial charge in [0.05, 0.1) is 6.10 Å². The summed E-state index contributed by atoms with van der Waals surface area (Å²) in [5.41, 5.74) is 0.986. The zero-order chi connectivity index (χ0) is 8.81. The van der Waals surface area contributed by atoms with Gasteiger partial charge in [0.2, 0.25) is 0 Å². The van der Waals surface area contributed by atoms with Crippen molar-refractivity contribution >= 4 is 0 Å². The average Bonchev–Trinajstić information content (AvgIpc) is 2.15. The normalized spacial score (nSPS) is 12.4. The maximum atomic E-state index is 9.60. The summed E-state index contributed by atoms with van der Waals surface area (Å²) in [5.74, 6) is 0. The lowest BCUT2D eigenvalue weighted by Gasteiger charge is -2.08. The fraction of sp³-hybridized carbons (Fsp3) is 0.273. The molecule has 12 heavy (non-hydrogen) atoms. The van der Waals surface area contributed by atoms with Crippen LogP contribution in [0.25, 0.3) is 0 Å². The number of allylic oxidation sites excluding steroid dienone is 1. The maximum absolute atomic E-state index is 9.60. The van der Waals surface area contributed by atoms with Crippen molar-refractivity contribution in [2.75, 3.05) is 0 Å². The van der Waals surface area contributed by atoms with Crippen LogP contribution in [0.3, 0.4) is 0 Å². The van der Waals surface area contributed by atoms with Crippen LogP contribution < -0.4 is 0 Å². The van der Waals surface area contributed by atoms with E-state index >= 15 is 0 Å². The van der Waals surface area contributed by atoms with Crippen LogP contribution in [0.4, 0.5) is 0 Å². The third-order valence-electron chi connectivity index (χ3n) is 1.83. The highest BCUT2D eigenvalue weighted by Gasteiger charge is 2.03. The van der Waals surface area contributed by atoms with E-state index in [4.69, 9.17) is 0 Å². The summed E-state index contributed by atoms with van der Waals surface area (Å²) < 4.78 is 0. The van der Waals surface area contributed by atoms with Crippen molar-refractivity contribution in [2.45, 2.75) is 18.9 Å². The molecule has 0 aliphatic heterocycles. The Morgan fingerprint density at radius 3 is 2.58 bits per heavy atom. The number of aliphatic hydroxyl groups excluding tert-OH is 1. The van der Waals surface area contributed by atoms with Gasteiger partial charge in [-0.2, -0.15) is 0 Å². The second kappa shape index (κ2) is 4.73. The van der Waals surface area contributed by atoms with E-state index in [1.807, 2.05) is 36.4 Å². The molecule has 1 nitrogen and oxygen atoms in total. The molecule has 0 aromatic heterocycles. The predicted molar refractivity (Wildman–Crippen MR) is 50.8 cm³/mol. The van der Waals surface area contributed by atoms with Crippen molar-refractivity contribution < 1.29 is 5.11 Å². The van der Waals surface area contributed by atoms with Crippen molar-refractivity contribution in [3.63, 3.8) is 0 Å². The van der Waals surface area contributed by atoms with Crippen molar-refractivity contribution in [1.82, 2.24) is 0 Å². The van der Waals surface area contributed by atoms with Gasteiger partial charge in [-0.05, 0) is 18.4 Å². The Morgan fingerprint density at radius 1 is 1.33 bits per heavy atom. The Balaban J connectivity index is 2.53. The molecule has 0 spiro atoms. The monoisotopic (exact) mass is 162 g/mol. The molecule has 1 aromatic rings. The molecule has 0 amide bonds. The number of hydrogen-bond donors (Lipinski definition) is 1. The molecule has 64 valence electrons. The van der Waals surface area contributed by atoms with Crippen LogP contribution in [0, 0.1) is 0 Å². The van der Waals surface area contributed by atoms with Gasteiger partial charge in [-0.1, -0.05) is 36.4 Å². The smallest absolute Gasteiger partial charge is 0.0793 e. The van der Waals surface area contributed by atoms with E-state index in [1.165, 1.54) is 0 Å². The second-order valence-electron chi connectivity index (χ2n) is 2.79. The maximum Gasteiger partial charge on any atom is 0.0793 e. The van der Waals surface area contributed by atoms with Gasteiger partial charge in [0, 0.05) is 0 Å². The summed E-state index contributed by atoms with van der Waals surface area (Å²) in [6.45, 7) is 3.62. The first-order chi connectivity index (χ1) is 5.84. The van der Waals surface area contributed by atoms with Gasteiger partial charge in [-0.25, -0.2) is 0 Å². The Labute approximate surface area is 73.4 Å². The summed E-state index contributed by atoms with van der Waals surface area (Å²) in [4.78, 5) is 0. The molecule has 0 aliphatic carbocycles. The topological polar surface area (TPSA) is 20.2 Å². The van der Waals surface area contributed by atoms with Gasteiger partial charge in [-0.3, -0.25) is 0 Å². The lowest BCUT2D eigenvalue weighted by atomic mass is 10.1. The first-order valence-corrected chi connectivity index (χ1v) is 4.18. The molecule has 1 heteroatoms. The van der Waals surface area contributed by atoms with Crippen molar-refractivity contribution in [3.8, 4) is 0 Å². The molecule has 1 rings (SSSR count). The lowest BCUT2D eigenvalue weighted by molar-refractivity contribution is 0.169. The molecule has 0 saturated heterocycles. The molecular formula is C11H14O. The third-order valence-corrected chi connectivity index (χ3v) is 1.83. The Morgan fingerprint density at radius 2 is 2.00 bits per heavy atom. The molecular weight excluding hydrogens is 148 g/mol. The molecule has 0 saturated carbocycles. The van der Waals surface area contributed by atoms with Crippen LogP contribution in [0.5, 0.6) is 0 Å². The molecule has 0 bridgehead atoms. The van der Waals surface area contributed by atoms with E-state index in [9.17, 15) is 5.11 Å². The van der Waals surface area contributed by atoms with Gasteiger partial charge in [-0.15, -0.1) is 6.58 Å². The summed E-state index contributed by atoms with van der Waals surface area (Å²) in [6.07, 6.45) is 3.10. The van der Waals surface area contributed by atoms with Gasteiger partial charge < -0.3 is 5.11 Å². The van der Waals surface area contributed by atoms with Crippen molar-refractivity contribution in [1.29, 1.82) is 0 Å². The van der Waals surface area contributed by atoms with E-state index in [-0.39, 0.29) is 6.10 Å². The summed E-state index contributed by atoms with van der Waals surface area (Å²) in [5, 5.41) is 9.60. The number of benzene rings is 1. The SMILES string of the molecule is C=CCC[C@H](O)c1ccccc1. The van der Waals surface area contributed by atoms with E-state index < -0.39 is 0 Å². The molecule has 0 heterocycles. The second-order valence-corrected chi connectivity index (χ2v) is 2.79. The minimum absolute atomic E-state index is 0.343. The minimum atomic E-state index is -0.343. The van der Waals surface area contributed by atoms with E-state index in [1.54, 1.807) is 0 Å². The third kappa shape index (κ3) is 2.51. The Hall–Kier alpha value is -1.08. The van der Waals surface area contributed by atoms with Crippen LogP contribution in [-0.2, 0) is 0 Å². The lowest BCUT2D eigenvalue weighted by Crippen LogP contribution is -1.95. The van der Waals surface area contributed by atoms with Crippen molar-refractivity contribution in [2.24, 2.45) is 0 Å². The minimum Gasteiger partial charge on any atom is -0.388 e. The molecule has 1 aromatic carbocycles. The Kier molecular flexibility index (Phi) is 3.55. The quantitative estimate of drug-likeness (QED) is 0.675. The van der Waals surface area contributed by atoms with E-state index in [2.05, 4.69) is 6.58 Å². The number of rotatable bonds is 4. The highest BCUT2D eigenvalue weighted by atomic mass is 16.3. The first-order valence-electron chi connectivity index (χ1n) is 4.18. The van der Waals surface area contributed by atoms with Crippen molar-refractivity contribution in [3.05, 3.63) is 48.6 Å². The standard InChI is InChI=1S/C11H14O/c1-2-3-9-11(12)10-7-5-4-6-8-10/h2,4-8,11-12H,1,3,9H2/t11-/m0/s1. The highest BCUT2D eigenvalue weighted by molar-refractivity contribution is 5.17. The zero-order valence-electron chi connectivity index (χ0n) is 7.11. The van der Waals surface area contributed by atoms with E-state index in [0.29, 0.717) is 0 Å². The zero-order valence-corrected chi connectivity index (χ0v) is 7.11. The van der Waals surface area contributed by atoms with Gasteiger partial charge in [0.15, 0.2) is 0 Å². The van der Waals surface area contributed by atoms with Crippen LogP contribution in [-0.4, -0.2) is 5.11 Å². The Bertz CT molecular complexity index is 228. The average molecular weight is 162 g/mol.